The van der Waals surface area contributed by atoms with Gasteiger partial charge in [-0.15, -0.1) is 0 Å². The zero-order chi connectivity index (χ0) is 10.6. The number of nitrogens with one attached hydrogen (secondary N) is 1. The van der Waals surface area contributed by atoms with Crippen molar-refractivity contribution in [3.63, 3.8) is 0 Å². The molecule has 1 aromatic rings. The first-order valence-corrected chi connectivity index (χ1v) is 5.57. The first kappa shape index (κ1) is 10.4. The number of piperidine rings is 1. The topological polar surface area (TPSA) is 29.1 Å². The van der Waals surface area contributed by atoms with Gasteiger partial charge >= 0.3 is 0 Å². The highest BCUT2D eigenvalue weighted by Gasteiger charge is 2.33. The summed E-state index contributed by atoms with van der Waals surface area (Å²) in [7, 11) is 0. The number of carbonyl (C=O) groups is 1. The Morgan fingerprint density at radius 3 is 2.73 bits per heavy atom. The van der Waals surface area contributed by atoms with E-state index in [9.17, 15) is 4.79 Å². The van der Waals surface area contributed by atoms with Crippen molar-refractivity contribution in [3.05, 3.63) is 35.9 Å². The van der Waals surface area contributed by atoms with Gasteiger partial charge in [0.1, 0.15) is 6.29 Å². The average Bonchev–Trinajstić information content (AvgIpc) is 2.32. The highest BCUT2D eigenvalue weighted by atomic mass is 16.1. The fourth-order valence-corrected chi connectivity index (χ4v) is 2.46. The molecule has 0 spiro atoms. The molecule has 0 bridgehead atoms. The zero-order valence-corrected chi connectivity index (χ0v) is 8.91. The minimum absolute atomic E-state index is 0.0429. The standard InChI is InChI=1S/C13H17NO/c15-10-8-13(7-4-9-14-11-13)12-5-2-1-3-6-12/h1-3,5-6,10,14H,4,7-9,11H2. The number of hydrogen-bond acceptors (Lipinski definition) is 2. The summed E-state index contributed by atoms with van der Waals surface area (Å²) in [6, 6.07) is 10.4. The minimum Gasteiger partial charge on any atom is -0.316 e. The van der Waals surface area contributed by atoms with Gasteiger partial charge in [0, 0.05) is 18.4 Å². The summed E-state index contributed by atoms with van der Waals surface area (Å²) < 4.78 is 0. The van der Waals surface area contributed by atoms with Crippen LogP contribution >= 0.6 is 0 Å². The number of benzene rings is 1. The van der Waals surface area contributed by atoms with Gasteiger partial charge in [-0.1, -0.05) is 30.3 Å². The summed E-state index contributed by atoms with van der Waals surface area (Å²) in [5, 5.41) is 3.40. The Kier molecular flexibility index (Phi) is 3.17. The van der Waals surface area contributed by atoms with Crippen molar-refractivity contribution in [2.45, 2.75) is 24.7 Å². The number of carbonyl (C=O) groups excluding carboxylic acids is 1. The van der Waals surface area contributed by atoms with Gasteiger partial charge in [0.15, 0.2) is 0 Å². The molecular weight excluding hydrogens is 186 g/mol. The lowest BCUT2D eigenvalue weighted by Crippen LogP contribution is -2.43. The molecule has 1 atom stereocenters. The van der Waals surface area contributed by atoms with E-state index in [4.69, 9.17) is 0 Å². The Hall–Kier alpha value is -1.15. The predicted octanol–water partition coefficient (Wildman–Crippen LogP) is 1.90. The van der Waals surface area contributed by atoms with E-state index >= 15 is 0 Å². The molecule has 1 aliphatic heterocycles. The quantitative estimate of drug-likeness (QED) is 0.760. The van der Waals surface area contributed by atoms with Gasteiger partial charge in [-0.05, 0) is 24.9 Å². The summed E-state index contributed by atoms with van der Waals surface area (Å²) in [5.41, 5.74) is 1.34. The van der Waals surface area contributed by atoms with E-state index < -0.39 is 0 Å². The molecule has 0 saturated carbocycles. The van der Waals surface area contributed by atoms with Crippen LogP contribution in [0.5, 0.6) is 0 Å². The Bertz CT molecular complexity index is 315. The van der Waals surface area contributed by atoms with Gasteiger partial charge in [0.2, 0.25) is 0 Å². The molecule has 0 radical (unpaired) electrons. The van der Waals surface area contributed by atoms with Crippen LogP contribution in [0.4, 0.5) is 0 Å². The monoisotopic (exact) mass is 203 g/mol. The Morgan fingerprint density at radius 2 is 2.13 bits per heavy atom. The summed E-state index contributed by atoms with van der Waals surface area (Å²) in [6.07, 6.45) is 3.95. The van der Waals surface area contributed by atoms with Gasteiger partial charge in [0.25, 0.3) is 0 Å². The fourth-order valence-electron chi connectivity index (χ4n) is 2.46. The van der Waals surface area contributed by atoms with Crippen molar-refractivity contribution in [2.75, 3.05) is 13.1 Å². The Balaban J connectivity index is 2.29. The summed E-state index contributed by atoms with van der Waals surface area (Å²) in [5.74, 6) is 0. The average molecular weight is 203 g/mol. The molecule has 2 nitrogen and oxygen atoms in total. The van der Waals surface area contributed by atoms with E-state index in [0.29, 0.717) is 6.42 Å². The van der Waals surface area contributed by atoms with Gasteiger partial charge in [-0.2, -0.15) is 0 Å². The molecule has 1 aliphatic rings. The van der Waals surface area contributed by atoms with Gasteiger partial charge in [-0.25, -0.2) is 0 Å². The van der Waals surface area contributed by atoms with Crippen molar-refractivity contribution in [3.8, 4) is 0 Å². The minimum atomic E-state index is 0.0429. The number of rotatable bonds is 3. The predicted molar refractivity (Wildman–Crippen MR) is 60.9 cm³/mol. The molecule has 1 aromatic carbocycles. The maximum atomic E-state index is 10.8. The second-order valence-electron chi connectivity index (χ2n) is 4.30. The Labute approximate surface area is 90.7 Å². The third kappa shape index (κ3) is 2.10. The fraction of sp³-hybridized carbons (Fsp3) is 0.462. The summed E-state index contributed by atoms with van der Waals surface area (Å²) in [4.78, 5) is 10.8. The van der Waals surface area contributed by atoms with E-state index in [2.05, 4.69) is 29.6 Å². The highest BCUT2D eigenvalue weighted by molar-refractivity contribution is 5.54. The molecule has 15 heavy (non-hydrogen) atoms. The van der Waals surface area contributed by atoms with Gasteiger partial charge in [0.05, 0.1) is 0 Å². The van der Waals surface area contributed by atoms with Gasteiger partial charge in [-0.3, -0.25) is 0 Å². The summed E-state index contributed by atoms with van der Waals surface area (Å²) in [6.45, 7) is 2.00. The number of hydrogen-bond donors (Lipinski definition) is 1. The van der Waals surface area contributed by atoms with E-state index in [0.717, 1.165) is 32.2 Å². The first-order valence-electron chi connectivity index (χ1n) is 5.57. The Morgan fingerprint density at radius 1 is 1.33 bits per heavy atom. The van der Waals surface area contributed by atoms with Crippen LogP contribution < -0.4 is 5.32 Å². The number of aldehydes is 1. The van der Waals surface area contributed by atoms with Crippen molar-refractivity contribution >= 4 is 6.29 Å². The van der Waals surface area contributed by atoms with Crippen molar-refractivity contribution in [2.24, 2.45) is 0 Å². The highest BCUT2D eigenvalue weighted by Crippen LogP contribution is 2.33. The molecule has 2 rings (SSSR count). The van der Waals surface area contributed by atoms with Crippen LogP contribution in [0.1, 0.15) is 24.8 Å². The molecule has 80 valence electrons. The van der Waals surface area contributed by atoms with Crippen LogP contribution in [0.3, 0.4) is 0 Å². The molecule has 1 heterocycles. The third-order valence-corrected chi connectivity index (χ3v) is 3.33. The van der Waals surface area contributed by atoms with Crippen LogP contribution in [-0.2, 0) is 10.2 Å². The molecule has 1 unspecified atom stereocenters. The largest absolute Gasteiger partial charge is 0.316 e. The molecule has 1 fully saturated rings. The first-order chi connectivity index (χ1) is 7.37. The zero-order valence-electron chi connectivity index (χ0n) is 8.91. The van der Waals surface area contributed by atoms with Gasteiger partial charge < -0.3 is 10.1 Å². The van der Waals surface area contributed by atoms with E-state index in [1.54, 1.807) is 0 Å². The van der Waals surface area contributed by atoms with Crippen molar-refractivity contribution < 1.29 is 4.79 Å². The van der Waals surface area contributed by atoms with E-state index in [1.165, 1.54) is 5.56 Å². The molecule has 1 N–H and O–H groups in total. The smallest absolute Gasteiger partial charge is 0.120 e. The van der Waals surface area contributed by atoms with E-state index in [-0.39, 0.29) is 5.41 Å². The van der Waals surface area contributed by atoms with E-state index in [1.807, 2.05) is 6.07 Å². The normalized spacial score (nSPS) is 26.1. The lowest BCUT2D eigenvalue weighted by molar-refractivity contribution is -0.109. The van der Waals surface area contributed by atoms with Crippen LogP contribution in [0, 0.1) is 0 Å². The van der Waals surface area contributed by atoms with Crippen molar-refractivity contribution in [1.29, 1.82) is 0 Å². The van der Waals surface area contributed by atoms with Crippen molar-refractivity contribution in [1.82, 2.24) is 5.32 Å². The lowest BCUT2D eigenvalue weighted by atomic mass is 9.73. The molecular formula is C13H17NO. The van der Waals surface area contributed by atoms with Crippen LogP contribution in [0.2, 0.25) is 0 Å². The molecule has 2 heteroatoms. The summed E-state index contributed by atoms with van der Waals surface area (Å²) >= 11 is 0. The van der Waals surface area contributed by atoms with Crippen LogP contribution in [-0.4, -0.2) is 19.4 Å². The molecule has 0 aromatic heterocycles. The van der Waals surface area contributed by atoms with Crippen LogP contribution in [0.25, 0.3) is 0 Å². The van der Waals surface area contributed by atoms with Crippen LogP contribution in [0.15, 0.2) is 30.3 Å². The molecule has 0 aliphatic carbocycles. The third-order valence-electron chi connectivity index (χ3n) is 3.33. The molecule has 1 saturated heterocycles. The maximum Gasteiger partial charge on any atom is 0.120 e. The second kappa shape index (κ2) is 4.58. The SMILES string of the molecule is O=CCC1(c2ccccc2)CCCNC1. The maximum absolute atomic E-state index is 10.8. The lowest BCUT2D eigenvalue weighted by Gasteiger charge is -2.36. The second-order valence-corrected chi connectivity index (χ2v) is 4.30. The molecule has 0 amide bonds.